The lowest BCUT2D eigenvalue weighted by Crippen LogP contribution is -2.44. The van der Waals surface area contributed by atoms with E-state index in [0.29, 0.717) is 24.2 Å². The van der Waals surface area contributed by atoms with E-state index in [0.717, 1.165) is 12.1 Å². The predicted molar refractivity (Wildman–Crippen MR) is 88.1 cm³/mol. The van der Waals surface area contributed by atoms with Crippen molar-refractivity contribution in [3.8, 4) is 5.75 Å². The van der Waals surface area contributed by atoms with Gasteiger partial charge in [-0.3, -0.25) is 4.90 Å². The molecule has 3 nitrogen and oxygen atoms in total. The number of ether oxygens (including phenoxy) is 1. The summed E-state index contributed by atoms with van der Waals surface area (Å²) in [5.74, 6) is 0.139. The van der Waals surface area contributed by atoms with Crippen molar-refractivity contribution in [2.24, 2.45) is 0 Å². The van der Waals surface area contributed by atoms with Crippen LogP contribution in [-0.2, 0) is 11.3 Å². The third-order valence-electron chi connectivity index (χ3n) is 4.17. The Bertz CT molecular complexity index is 632. The standard InChI is InChI=1S/C18H20ClNO2/c1-13-12-22-17(14-6-3-2-4-7-14)11-20(13)10-15-8-5-9-16(21)18(15)19/h2-9,13,17,21H,10-12H2,1H3. The molecule has 4 heteroatoms. The summed E-state index contributed by atoms with van der Waals surface area (Å²) in [7, 11) is 0. The maximum Gasteiger partial charge on any atom is 0.134 e. The summed E-state index contributed by atoms with van der Waals surface area (Å²) in [5.41, 5.74) is 2.14. The van der Waals surface area contributed by atoms with Crippen LogP contribution in [-0.4, -0.2) is 29.2 Å². The smallest absolute Gasteiger partial charge is 0.134 e. The number of phenolic OH excluding ortho intramolecular Hbond substituents is 1. The van der Waals surface area contributed by atoms with Crippen molar-refractivity contribution < 1.29 is 9.84 Å². The number of morpholine rings is 1. The van der Waals surface area contributed by atoms with E-state index in [1.807, 2.05) is 30.3 Å². The summed E-state index contributed by atoms with van der Waals surface area (Å²) < 4.78 is 5.97. The fourth-order valence-corrected chi connectivity index (χ4v) is 2.99. The molecule has 0 radical (unpaired) electrons. The van der Waals surface area contributed by atoms with Gasteiger partial charge < -0.3 is 9.84 Å². The van der Waals surface area contributed by atoms with Gasteiger partial charge in [-0.05, 0) is 24.1 Å². The summed E-state index contributed by atoms with van der Waals surface area (Å²) in [6.07, 6.45) is 0.0773. The average molecular weight is 318 g/mol. The highest BCUT2D eigenvalue weighted by Crippen LogP contribution is 2.30. The summed E-state index contributed by atoms with van der Waals surface area (Å²) >= 11 is 6.21. The number of aromatic hydroxyl groups is 1. The van der Waals surface area contributed by atoms with Crippen LogP contribution in [0.1, 0.15) is 24.2 Å². The zero-order valence-electron chi connectivity index (χ0n) is 12.6. The van der Waals surface area contributed by atoms with Crippen molar-refractivity contribution in [1.82, 2.24) is 4.90 Å². The third kappa shape index (κ3) is 3.27. The fourth-order valence-electron chi connectivity index (χ4n) is 2.80. The Hall–Kier alpha value is -1.55. The molecule has 0 aromatic heterocycles. The lowest BCUT2D eigenvalue weighted by Gasteiger charge is -2.38. The second-order valence-electron chi connectivity index (χ2n) is 5.76. The number of rotatable bonds is 3. The average Bonchev–Trinajstić information content (AvgIpc) is 2.54. The lowest BCUT2D eigenvalue weighted by molar-refractivity contribution is -0.0633. The molecule has 2 aromatic rings. The van der Waals surface area contributed by atoms with Crippen molar-refractivity contribution in [2.45, 2.75) is 25.6 Å². The van der Waals surface area contributed by atoms with Gasteiger partial charge in [0.15, 0.2) is 0 Å². The lowest BCUT2D eigenvalue weighted by atomic mass is 10.1. The Kier molecular flexibility index (Phi) is 4.67. The molecule has 2 aromatic carbocycles. The Labute approximate surface area is 136 Å². The summed E-state index contributed by atoms with van der Waals surface area (Å²) in [4.78, 5) is 2.35. The maximum absolute atomic E-state index is 9.75. The molecule has 2 atom stereocenters. The minimum atomic E-state index is 0.0773. The normalized spacial score (nSPS) is 22.6. The first-order valence-electron chi connectivity index (χ1n) is 7.52. The Morgan fingerprint density at radius 2 is 1.95 bits per heavy atom. The molecular formula is C18H20ClNO2. The molecule has 1 fully saturated rings. The predicted octanol–water partition coefficient (Wildman–Crippen LogP) is 4.01. The third-order valence-corrected chi connectivity index (χ3v) is 4.60. The van der Waals surface area contributed by atoms with Gasteiger partial charge in [-0.25, -0.2) is 0 Å². The molecule has 1 aliphatic rings. The van der Waals surface area contributed by atoms with Crippen LogP contribution in [0.3, 0.4) is 0 Å². The molecule has 0 saturated carbocycles. The van der Waals surface area contributed by atoms with Crippen molar-refractivity contribution in [2.75, 3.05) is 13.2 Å². The van der Waals surface area contributed by atoms with Crippen LogP contribution < -0.4 is 0 Å². The first kappa shape index (κ1) is 15.3. The summed E-state index contributed by atoms with van der Waals surface area (Å²) in [6, 6.07) is 16.0. The largest absolute Gasteiger partial charge is 0.506 e. The topological polar surface area (TPSA) is 32.7 Å². The van der Waals surface area contributed by atoms with Crippen molar-refractivity contribution in [3.05, 3.63) is 64.7 Å². The van der Waals surface area contributed by atoms with Gasteiger partial charge in [0.25, 0.3) is 0 Å². The van der Waals surface area contributed by atoms with Crippen LogP contribution in [0.15, 0.2) is 48.5 Å². The van der Waals surface area contributed by atoms with Crippen molar-refractivity contribution >= 4 is 11.6 Å². The molecule has 1 aliphatic heterocycles. The quantitative estimate of drug-likeness (QED) is 0.928. The van der Waals surface area contributed by atoms with E-state index < -0.39 is 0 Å². The van der Waals surface area contributed by atoms with Gasteiger partial charge in [0.2, 0.25) is 0 Å². The first-order chi connectivity index (χ1) is 10.6. The summed E-state index contributed by atoms with van der Waals surface area (Å²) in [5, 5.41) is 10.2. The van der Waals surface area contributed by atoms with Crippen LogP contribution in [0, 0.1) is 0 Å². The highest BCUT2D eigenvalue weighted by molar-refractivity contribution is 6.32. The number of hydrogen-bond donors (Lipinski definition) is 1. The van der Waals surface area contributed by atoms with E-state index in [4.69, 9.17) is 16.3 Å². The molecule has 0 aliphatic carbocycles. The van der Waals surface area contributed by atoms with Crippen LogP contribution in [0.25, 0.3) is 0 Å². The van der Waals surface area contributed by atoms with Gasteiger partial charge in [0, 0.05) is 19.1 Å². The Morgan fingerprint density at radius 1 is 1.18 bits per heavy atom. The van der Waals surface area contributed by atoms with Gasteiger partial charge in [-0.15, -0.1) is 0 Å². The molecule has 1 N–H and O–H groups in total. The molecule has 0 bridgehead atoms. The Balaban J connectivity index is 1.76. The van der Waals surface area contributed by atoms with Gasteiger partial charge in [-0.2, -0.15) is 0 Å². The van der Waals surface area contributed by atoms with E-state index in [2.05, 4.69) is 24.0 Å². The van der Waals surface area contributed by atoms with E-state index in [9.17, 15) is 5.11 Å². The number of halogens is 1. The number of hydrogen-bond acceptors (Lipinski definition) is 3. The number of nitrogens with zero attached hydrogens (tertiary/aromatic N) is 1. The van der Waals surface area contributed by atoms with E-state index >= 15 is 0 Å². The molecule has 116 valence electrons. The van der Waals surface area contributed by atoms with Crippen LogP contribution in [0.2, 0.25) is 5.02 Å². The molecule has 3 rings (SSSR count). The van der Waals surface area contributed by atoms with Crippen LogP contribution in [0.5, 0.6) is 5.75 Å². The zero-order valence-corrected chi connectivity index (χ0v) is 13.3. The zero-order chi connectivity index (χ0) is 15.5. The van der Waals surface area contributed by atoms with Crippen LogP contribution >= 0.6 is 11.6 Å². The second kappa shape index (κ2) is 6.69. The number of phenols is 1. The first-order valence-corrected chi connectivity index (χ1v) is 7.90. The monoisotopic (exact) mass is 317 g/mol. The summed E-state index contributed by atoms with van der Waals surface area (Å²) in [6.45, 7) is 4.37. The van der Waals surface area contributed by atoms with E-state index in [-0.39, 0.29) is 11.9 Å². The minimum absolute atomic E-state index is 0.0773. The van der Waals surface area contributed by atoms with E-state index in [1.165, 1.54) is 5.56 Å². The van der Waals surface area contributed by atoms with Gasteiger partial charge in [0.05, 0.1) is 17.7 Å². The highest BCUT2D eigenvalue weighted by atomic mass is 35.5. The van der Waals surface area contributed by atoms with Gasteiger partial charge in [0.1, 0.15) is 5.75 Å². The van der Waals surface area contributed by atoms with Gasteiger partial charge >= 0.3 is 0 Å². The molecule has 1 saturated heterocycles. The number of benzene rings is 2. The maximum atomic E-state index is 9.75. The highest BCUT2D eigenvalue weighted by Gasteiger charge is 2.27. The van der Waals surface area contributed by atoms with Gasteiger partial charge in [-0.1, -0.05) is 54.1 Å². The van der Waals surface area contributed by atoms with E-state index in [1.54, 1.807) is 6.07 Å². The molecule has 0 amide bonds. The Morgan fingerprint density at radius 3 is 2.73 bits per heavy atom. The fraction of sp³-hybridized carbons (Fsp3) is 0.333. The van der Waals surface area contributed by atoms with Crippen molar-refractivity contribution in [3.63, 3.8) is 0 Å². The molecule has 2 unspecified atom stereocenters. The van der Waals surface area contributed by atoms with Crippen molar-refractivity contribution in [1.29, 1.82) is 0 Å². The second-order valence-corrected chi connectivity index (χ2v) is 6.14. The van der Waals surface area contributed by atoms with Crippen LogP contribution in [0.4, 0.5) is 0 Å². The molecule has 1 heterocycles. The molecule has 0 spiro atoms. The molecule has 22 heavy (non-hydrogen) atoms. The SMILES string of the molecule is CC1COC(c2ccccc2)CN1Cc1cccc(O)c1Cl. The minimum Gasteiger partial charge on any atom is -0.506 e. The molecular weight excluding hydrogens is 298 g/mol.